The average molecular weight is 347 g/mol. The van der Waals surface area contributed by atoms with E-state index in [1.165, 1.54) is 30.0 Å². The van der Waals surface area contributed by atoms with Crippen molar-refractivity contribution in [2.24, 2.45) is 5.16 Å². The van der Waals surface area contributed by atoms with Crippen LogP contribution in [0.3, 0.4) is 0 Å². The largest absolute Gasteiger partial charge is 0.464 e. The Bertz CT molecular complexity index is 789. The van der Waals surface area contributed by atoms with Crippen molar-refractivity contribution >= 4 is 23.4 Å². The monoisotopic (exact) mass is 347 g/mol. The van der Waals surface area contributed by atoms with Crippen molar-refractivity contribution in [2.45, 2.75) is 31.5 Å². The number of carbonyl (C=O) groups is 1. The van der Waals surface area contributed by atoms with Crippen LogP contribution in [0.4, 0.5) is 0 Å². The van der Waals surface area contributed by atoms with E-state index in [-0.39, 0.29) is 6.10 Å². The number of tetrazole rings is 1. The van der Waals surface area contributed by atoms with Crippen LogP contribution in [0.1, 0.15) is 17.5 Å². The van der Waals surface area contributed by atoms with Crippen LogP contribution in [0.15, 0.2) is 28.5 Å². The summed E-state index contributed by atoms with van der Waals surface area (Å²) < 4.78 is 6.33. The number of methoxy groups -OCH3 is 1. The molecule has 0 fully saturated rings. The minimum Gasteiger partial charge on any atom is -0.464 e. The van der Waals surface area contributed by atoms with E-state index in [1.54, 1.807) is 4.68 Å². The van der Waals surface area contributed by atoms with E-state index in [4.69, 9.17) is 4.84 Å². The van der Waals surface area contributed by atoms with Crippen molar-refractivity contribution in [3.63, 3.8) is 0 Å². The summed E-state index contributed by atoms with van der Waals surface area (Å²) in [5.74, 6) is 0.123. The van der Waals surface area contributed by atoms with Crippen LogP contribution in [-0.4, -0.2) is 50.9 Å². The van der Waals surface area contributed by atoms with Crippen LogP contribution in [0.5, 0.6) is 0 Å². The summed E-state index contributed by atoms with van der Waals surface area (Å²) in [6.45, 7) is 4.11. The molecule has 0 amide bonds. The third-order valence-corrected chi connectivity index (χ3v) is 4.78. The second-order valence-corrected chi connectivity index (χ2v) is 6.40. The van der Waals surface area contributed by atoms with Crippen molar-refractivity contribution in [1.82, 2.24) is 20.2 Å². The molecular weight excluding hydrogens is 330 g/mol. The van der Waals surface area contributed by atoms with Gasteiger partial charge in [0.2, 0.25) is 5.16 Å². The maximum absolute atomic E-state index is 11.4. The molecule has 1 aliphatic heterocycles. The number of benzene rings is 1. The van der Waals surface area contributed by atoms with Gasteiger partial charge in [0.15, 0.2) is 5.71 Å². The fourth-order valence-corrected chi connectivity index (χ4v) is 3.08. The quantitative estimate of drug-likeness (QED) is 0.600. The van der Waals surface area contributed by atoms with Gasteiger partial charge in [-0.3, -0.25) is 0 Å². The van der Waals surface area contributed by atoms with Gasteiger partial charge >= 0.3 is 5.97 Å². The van der Waals surface area contributed by atoms with E-state index in [2.05, 4.69) is 32.3 Å². The SMILES string of the molecule is COC(=O)C1=NO[C@@H](CSc2nnnn2-c2ccc(C)c(C)c2)C1. The number of esters is 1. The van der Waals surface area contributed by atoms with Crippen LogP contribution in [0.25, 0.3) is 5.69 Å². The Morgan fingerprint density at radius 3 is 3.00 bits per heavy atom. The summed E-state index contributed by atoms with van der Waals surface area (Å²) in [5, 5.41) is 16.3. The predicted molar refractivity (Wildman–Crippen MR) is 88.3 cm³/mol. The highest BCUT2D eigenvalue weighted by molar-refractivity contribution is 7.99. The summed E-state index contributed by atoms with van der Waals surface area (Å²) in [6, 6.07) is 6.06. The van der Waals surface area contributed by atoms with Gasteiger partial charge in [0.05, 0.1) is 12.8 Å². The van der Waals surface area contributed by atoms with Crippen LogP contribution < -0.4 is 0 Å². The van der Waals surface area contributed by atoms with Gasteiger partial charge in [0.25, 0.3) is 0 Å². The topological polar surface area (TPSA) is 91.5 Å². The first kappa shape index (κ1) is 16.4. The second-order valence-electron chi connectivity index (χ2n) is 5.41. The lowest BCUT2D eigenvalue weighted by Crippen LogP contribution is -2.18. The number of aryl methyl sites for hydroxylation is 2. The van der Waals surface area contributed by atoms with Crippen molar-refractivity contribution in [1.29, 1.82) is 0 Å². The molecule has 1 aromatic carbocycles. The zero-order valence-corrected chi connectivity index (χ0v) is 14.4. The minimum absolute atomic E-state index is 0.200. The molecule has 1 atom stereocenters. The smallest absolute Gasteiger partial charge is 0.355 e. The Hall–Kier alpha value is -2.42. The number of oxime groups is 1. The molecular formula is C15H17N5O3S. The molecule has 2 aromatic rings. The first-order chi connectivity index (χ1) is 11.6. The summed E-state index contributed by atoms with van der Waals surface area (Å²) in [4.78, 5) is 16.7. The summed E-state index contributed by atoms with van der Waals surface area (Å²) in [5.41, 5.74) is 3.60. The van der Waals surface area contributed by atoms with Gasteiger partial charge in [0, 0.05) is 12.2 Å². The maximum Gasteiger partial charge on any atom is 0.355 e. The van der Waals surface area contributed by atoms with Crippen molar-refractivity contribution in [2.75, 3.05) is 12.9 Å². The van der Waals surface area contributed by atoms with E-state index >= 15 is 0 Å². The predicted octanol–water partition coefficient (Wildman–Crippen LogP) is 1.69. The summed E-state index contributed by atoms with van der Waals surface area (Å²) in [7, 11) is 1.32. The molecule has 0 bridgehead atoms. The molecule has 1 aromatic heterocycles. The second kappa shape index (κ2) is 7.00. The number of nitrogens with zero attached hydrogens (tertiary/aromatic N) is 5. The van der Waals surface area contributed by atoms with E-state index in [0.717, 1.165) is 5.69 Å². The van der Waals surface area contributed by atoms with Gasteiger partial charge in [0.1, 0.15) is 6.10 Å². The normalized spacial score (nSPS) is 16.6. The van der Waals surface area contributed by atoms with Crippen LogP contribution in [0.2, 0.25) is 0 Å². The molecule has 24 heavy (non-hydrogen) atoms. The highest BCUT2D eigenvalue weighted by Crippen LogP contribution is 2.24. The van der Waals surface area contributed by atoms with Gasteiger partial charge in [-0.05, 0) is 47.5 Å². The van der Waals surface area contributed by atoms with Crippen molar-refractivity contribution in [3.05, 3.63) is 29.3 Å². The lowest BCUT2D eigenvalue weighted by molar-refractivity contribution is -0.132. The number of rotatable bonds is 5. The van der Waals surface area contributed by atoms with E-state index in [9.17, 15) is 4.79 Å². The standard InChI is InChI=1S/C15H17N5O3S/c1-9-4-5-11(6-10(9)2)20-15(16-18-19-20)24-8-12-7-13(17-23-12)14(21)22-3/h4-6,12H,7-8H2,1-3H3/t12-/m1/s1. The molecule has 0 radical (unpaired) electrons. The molecule has 0 saturated heterocycles. The number of aromatic nitrogens is 4. The van der Waals surface area contributed by atoms with Gasteiger partial charge in [-0.15, -0.1) is 5.10 Å². The average Bonchev–Trinajstić information content (AvgIpc) is 3.23. The Morgan fingerprint density at radius 1 is 1.42 bits per heavy atom. The zero-order valence-electron chi connectivity index (χ0n) is 13.6. The molecule has 9 heteroatoms. The summed E-state index contributed by atoms with van der Waals surface area (Å²) >= 11 is 1.45. The Kier molecular flexibility index (Phi) is 4.79. The molecule has 2 heterocycles. The molecule has 0 unspecified atom stereocenters. The van der Waals surface area contributed by atoms with Crippen LogP contribution in [0, 0.1) is 13.8 Å². The highest BCUT2D eigenvalue weighted by Gasteiger charge is 2.27. The minimum atomic E-state index is -0.456. The lowest BCUT2D eigenvalue weighted by atomic mass is 10.1. The van der Waals surface area contributed by atoms with Crippen LogP contribution in [-0.2, 0) is 14.4 Å². The zero-order chi connectivity index (χ0) is 17.1. The number of carbonyl (C=O) groups excluding carboxylic acids is 1. The molecule has 1 aliphatic rings. The first-order valence-electron chi connectivity index (χ1n) is 7.38. The fourth-order valence-electron chi connectivity index (χ4n) is 2.21. The van der Waals surface area contributed by atoms with E-state index < -0.39 is 5.97 Å². The Labute approximate surface area is 143 Å². The number of hydrogen-bond donors (Lipinski definition) is 0. The third-order valence-electron chi connectivity index (χ3n) is 3.73. The van der Waals surface area contributed by atoms with E-state index in [1.807, 2.05) is 25.1 Å². The van der Waals surface area contributed by atoms with Crippen molar-refractivity contribution in [3.8, 4) is 5.69 Å². The van der Waals surface area contributed by atoms with Gasteiger partial charge in [-0.1, -0.05) is 23.0 Å². The maximum atomic E-state index is 11.4. The van der Waals surface area contributed by atoms with Gasteiger partial charge in [-0.2, -0.15) is 4.68 Å². The Morgan fingerprint density at radius 2 is 2.25 bits per heavy atom. The number of thioether (sulfide) groups is 1. The first-order valence-corrected chi connectivity index (χ1v) is 8.37. The molecule has 0 saturated carbocycles. The van der Waals surface area contributed by atoms with Crippen molar-refractivity contribution < 1.29 is 14.4 Å². The molecule has 126 valence electrons. The molecule has 3 rings (SSSR count). The summed E-state index contributed by atoms with van der Waals surface area (Å²) in [6.07, 6.45) is 0.222. The molecule has 0 spiro atoms. The van der Waals surface area contributed by atoms with E-state index in [0.29, 0.717) is 23.0 Å². The van der Waals surface area contributed by atoms with Crippen LogP contribution >= 0.6 is 11.8 Å². The molecule has 0 N–H and O–H groups in total. The molecule has 0 aliphatic carbocycles. The fraction of sp³-hybridized carbons (Fsp3) is 0.400. The number of ether oxygens (including phenoxy) is 1. The lowest BCUT2D eigenvalue weighted by Gasteiger charge is -2.09. The van der Waals surface area contributed by atoms with Gasteiger partial charge < -0.3 is 9.57 Å². The highest BCUT2D eigenvalue weighted by atomic mass is 32.2. The Balaban J connectivity index is 1.65. The number of hydrogen-bond acceptors (Lipinski definition) is 8. The third kappa shape index (κ3) is 3.40. The van der Waals surface area contributed by atoms with Gasteiger partial charge in [-0.25, -0.2) is 4.79 Å². The molecule has 8 nitrogen and oxygen atoms in total.